The summed E-state index contributed by atoms with van der Waals surface area (Å²) in [6.45, 7) is 2.97. The summed E-state index contributed by atoms with van der Waals surface area (Å²) in [5.74, 6) is -0.481. The van der Waals surface area contributed by atoms with E-state index in [0.717, 1.165) is 17.4 Å². The summed E-state index contributed by atoms with van der Waals surface area (Å²) in [6, 6.07) is 8.64. The molecule has 14 heteroatoms. The van der Waals surface area contributed by atoms with Crippen LogP contribution in [0.4, 0.5) is 4.39 Å². The van der Waals surface area contributed by atoms with Crippen LogP contribution in [0.15, 0.2) is 30.3 Å². The molecular formula is C21H21ClFN4O6PS. The summed E-state index contributed by atoms with van der Waals surface area (Å²) in [7, 11) is -4.67. The van der Waals surface area contributed by atoms with Crippen molar-refractivity contribution in [3.05, 3.63) is 46.7 Å². The van der Waals surface area contributed by atoms with Crippen molar-refractivity contribution in [1.82, 2.24) is 10.2 Å². The van der Waals surface area contributed by atoms with Gasteiger partial charge in [0, 0.05) is 17.2 Å². The molecule has 1 aromatic heterocycles. The molecule has 0 aliphatic heterocycles. The van der Waals surface area contributed by atoms with Crippen LogP contribution < -0.4 is 15.2 Å². The first-order valence-corrected chi connectivity index (χ1v) is 12.8. The average Bonchev–Trinajstić information content (AvgIpc) is 3.27. The van der Waals surface area contributed by atoms with E-state index in [0.29, 0.717) is 26.9 Å². The minimum Gasteiger partial charge on any atom is -0.490 e. The number of rotatable bonds is 10. The van der Waals surface area contributed by atoms with Gasteiger partial charge in [0.05, 0.1) is 29.3 Å². The predicted octanol–water partition coefficient (Wildman–Crippen LogP) is 4.14. The first kappa shape index (κ1) is 27.0. The number of nitrogens with two attached hydrogens (primary N) is 1. The molecule has 0 radical (unpaired) electrons. The molecule has 0 fully saturated rings. The number of ether oxygens (including phenoxy) is 2. The van der Waals surface area contributed by atoms with Crippen molar-refractivity contribution in [2.75, 3.05) is 13.2 Å². The van der Waals surface area contributed by atoms with E-state index in [1.807, 2.05) is 13.8 Å². The Morgan fingerprint density at radius 2 is 1.91 bits per heavy atom. The Balaban J connectivity index is 1.76. The standard InChI is InChI=1S/C21H21ClFN4O6PS/c1-11(2)33-18-4-3-12(5-13(18)8-24)20-26-27-21(35-20)15-6-17(23)19(7-16(15)22)31-9-14(25)10-32-34(28,29)30/h3-7,11,14H,9-10,25H2,1-2H3,(H2,28,29,30)/t14-/m1/s1. The Morgan fingerprint density at radius 3 is 2.57 bits per heavy atom. The third-order valence-electron chi connectivity index (χ3n) is 4.30. The zero-order valence-electron chi connectivity index (χ0n) is 18.5. The van der Waals surface area contributed by atoms with Gasteiger partial charge in [0.2, 0.25) is 0 Å². The highest BCUT2D eigenvalue weighted by atomic mass is 35.5. The third-order valence-corrected chi connectivity index (χ3v) is 6.10. The zero-order valence-corrected chi connectivity index (χ0v) is 21.0. The molecule has 3 aromatic rings. The van der Waals surface area contributed by atoms with Gasteiger partial charge in [0.25, 0.3) is 0 Å². The van der Waals surface area contributed by atoms with Crippen molar-refractivity contribution in [2.24, 2.45) is 5.73 Å². The molecule has 0 spiro atoms. The van der Waals surface area contributed by atoms with E-state index in [1.54, 1.807) is 18.2 Å². The lowest BCUT2D eigenvalue weighted by atomic mass is 10.1. The number of phosphoric ester groups is 1. The molecule has 0 bridgehead atoms. The Labute approximate surface area is 209 Å². The summed E-state index contributed by atoms with van der Waals surface area (Å²) in [5.41, 5.74) is 6.94. The van der Waals surface area contributed by atoms with Gasteiger partial charge >= 0.3 is 7.82 Å². The molecule has 0 amide bonds. The molecule has 0 saturated carbocycles. The van der Waals surface area contributed by atoms with Crippen molar-refractivity contribution in [3.8, 4) is 38.7 Å². The second kappa shape index (κ2) is 11.4. The first-order valence-electron chi connectivity index (χ1n) is 10.1. The van der Waals surface area contributed by atoms with Crippen LogP contribution in [0.2, 0.25) is 5.02 Å². The fraction of sp³-hybridized carbons (Fsp3) is 0.286. The van der Waals surface area contributed by atoms with E-state index >= 15 is 0 Å². The molecular weight excluding hydrogens is 522 g/mol. The van der Waals surface area contributed by atoms with Crippen LogP contribution in [-0.4, -0.2) is 45.3 Å². The second-order valence-corrected chi connectivity index (χ2v) is 10.1. The number of nitriles is 1. The molecule has 2 aromatic carbocycles. The lowest BCUT2D eigenvalue weighted by molar-refractivity contribution is 0.164. The van der Waals surface area contributed by atoms with Gasteiger partial charge in [-0.25, -0.2) is 8.96 Å². The Hall–Kier alpha value is -2.62. The SMILES string of the molecule is CC(C)Oc1ccc(-c2nnc(-c3cc(F)c(OC[C@@H](N)COP(=O)(O)O)cc3Cl)s2)cc1C#N. The fourth-order valence-electron chi connectivity index (χ4n) is 2.80. The van der Waals surface area contributed by atoms with Gasteiger partial charge in [-0.15, -0.1) is 10.2 Å². The molecule has 0 unspecified atom stereocenters. The topological polar surface area (TPSA) is 161 Å². The first-order chi connectivity index (χ1) is 16.5. The van der Waals surface area contributed by atoms with Crippen LogP contribution in [0.3, 0.4) is 0 Å². The molecule has 10 nitrogen and oxygen atoms in total. The average molecular weight is 543 g/mol. The number of halogens is 2. The van der Waals surface area contributed by atoms with E-state index in [4.69, 9.17) is 36.6 Å². The second-order valence-electron chi connectivity index (χ2n) is 7.52. The minimum atomic E-state index is -4.67. The molecule has 4 N–H and O–H groups in total. The smallest absolute Gasteiger partial charge is 0.469 e. The van der Waals surface area contributed by atoms with Crippen molar-refractivity contribution < 1.29 is 32.7 Å². The molecule has 35 heavy (non-hydrogen) atoms. The highest BCUT2D eigenvalue weighted by Crippen LogP contribution is 2.38. The maximum absolute atomic E-state index is 14.6. The van der Waals surface area contributed by atoms with Gasteiger partial charge in [0.15, 0.2) is 11.6 Å². The van der Waals surface area contributed by atoms with Crippen LogP contribution in [0.1, 0.15) is 19.4 Å². The summed E-state index contributed by atoms with van der Waals surface area (Å²) in [6.07, 6.45) is -0.0890. The van der Waals surface area contributed by atoms with Crippen LogP contribution in [0.25, 0.3) is 21.1 Å². The minimum absolute atomic E-state index is 0.0890. The maximum Gasteiger partial charge on any atom is 0.469 e. The van der Waals surface area contributed by atoms with Crippen molar-refractivity contribution >= 4 is 30.8 Å². The van der Waals surface area contributed by atoms with Gasteiger partial charge in [-0.2, -0.15) is 5.26 Å². The maximum atomic E-state index is 14.6. The van der Waals surface area contributed by atoms with E-state index < -0.39 is 26.3 Å². The van der Waals surface area contributed by atoms with Crippen molar-refractivity contribution in [1.29, 1.82) is 5.26 Å². The van der Waals surface area contributed by atoms with Crippen LogP contribution in [-0.2, 0) is 9.09 Å². The summed E-state index contributed by atoms with van der Waals surface area (Å²) < 4.78 is 40.6. The molecule has 0 aliphatic carbocycles. The third kappa shape index (κ3) is 7.43. The monoisotopic (exact) mass is 542 g/mol. The molecule has 186 valence electrons. The van der Waals surface area contributed by atoms with Crippen molar-refractivity contribution in [2.45, 2.75) is 26.0 Å². The van der Waals surface area contributed by atoms with Gasteiger partial charge in [0.1, 0.15) is 28.4 Å². The summed E-state index contributed by atoms with van der Waals surface area (Å²) in [5, 5.41) is 18.7. The summed E-state index contributed by atoms with van der Waals surface area (Å²) >= 11 is 7.48. The number of benzene rings is 2. The molecule has 0 saturated heterocycles. The van der Waals surface area contributed by atoms with Gasteiger partial charge in [-0.05, 0) is 38.1 Å². The quantitative estimate of drug-likeness (QED) is 0.317. The van der Waals surface area contributed by atoms with E-state index in [-0.39, 0.29) is 29.0 Å². The number of aromatic nitrogens is 2. The van der Waals surface area contributed by atoms with Gasteiger partial charge in [-0.3, -0.25) is 4.52 Å². The van der Waals surface area contributed by atoms with Gasteiger partial charge < -0.3 is 25.0 Å². The number of nitrogens with zero attached hydrogens (tertiary/aromatic N) is 3. The number of phosphoric acid groups is 1. The van der Waals surface area contributed by atoms with Crippen LogP contribution in [0, 0.1) is 17.1 Å². The fourth-order valence-corrected chi connectivity index (χ4v) is 4.35. The van der Waals surface area contributed by atoms with E-state index in [9.17, 15) is 14.2 Å². The molecule has 0 aliphatic rings. The molecule has 1 atom stereocenters. The highest BCUT2D eigenvalue weighted by Gasteiger charge is 2.19. The Bertz CT molecular complexity index is 1300. The van der Waals surface area contributed by atoms with Crippen molar-refractivity contribution in [3.63, 3.8) is 0 Å². The lowest BCUT2D eigenvalue weighted by Crippen LogP contribution is -2.32. The highest BCUT2D eigenvalue weighted by molar-refractivity contribution is 7.46. The van der Waals surface area contributed by atoms with Crippen LogP contribution >= 0.6 is 30.8 Å². The predicted molar refractivity (Wildman–Crippen MR) is 128 cm³/mol. The molecule has 1 heterocycles. The number of hydrogen-bond donors (Lipinski definition) is 3. The van der Waals surface area contributed by atoms with E-state index in [1.165, 1.54) is 6.07 Å². The largest absolute Gasteiger partial charge is 0.490 e. The number of hydrogen-bond acceptors (Lipinski definition) is 9. The zero-order chi connectivity index (χ0) is 25.8. The van der Waals surface area contributed by atoms with Gasteiger partial charge in [-0.1, -0.05) is 22.9 Å². The Morgan fingerprint density at radius 1 is 1.20 bits per heavy atom. The normalized spacial score (nSPS) is 12.4. The lowest BCUT2D eigenvalue weighted by Gasteiger charge is -2.15. The van der Waals surface area contributed by atoms with Crippen LogP contribution in [0.5, 0.6) is 11.5 Å². The summed E-state index contributed by atoms with van der Waals surface area (Å²) in [4.78, 5) is 17.4. The van der Waals surface area contributed by atoms with E-state index in [2.05, 4.69) is 20.8 Å². The Kier molecular flexibility index (Phi) is 8.79. The molecule has 3 rings (SSSR count).